The van der Waals surface area contributed by atoms with Crippen molar-refractivity contribution >= 4 is 56.5 Å². The van der Waals surface area contributed by atoms with Gasteiger partial charge in [0, 0.05) is 22.1 Å². The van der Waals surface area contributed by atoms with E-state index >= 15 is 0 Å². The molecule has 2 aromatic heterocycles. The molecule has 1 aliphatic rings. The second-order valence-electron chi connectivity index (χ2n) is 7.19. The van der Waals surface area contributed by atoms with E-state index < -0.39 is 0 Å². The average molecular weight is 460 g/mol. The topological polar surface area (TPSA) is 64.0 Å². The Morgan fingerprint density at radius 1 is 1.33 bits per heavy atom. The molecule has 1 amide bonds. The van der Waals surface area contributed by atoms with Crippen LogP contribution in [-0.2, 0) is 24.2 Å². The van der Waals surface area contributed by atoms with E-state index in [1.807, 2.05) is 0 Å². The van der Waals surface area contributed by atoms with Gasteiger partial charge < -0.3 is 5.32 Å². The minimum absolute atomic E-state index is 0.0305. The molecule has 4 rings (SSSR count). The number of hydrogen-bond acceptors (Lipinski definition) is 5. The molecule has 0 fully saturated rings. The molecule has 0 aliphatic heterocycles. The van der Waals surface area contributed by atoms with Crippen LogP contribution in [0.5, 0.6) is 0 Å². The highest BCUT2D eigenvalue weighted by molar-refractivity contribution is 7.99. The van der Waals surface area contributed by atoms with Crippen molar-refractivity contribution < 1.29 is 4.79 Å². The molecule has 8 heteroatoms. The summed E-state index contributed by atoms with van der Waals surface area (Å²) in [5, 5.41) is 4.69. The van der Waals surface area contributed by atoms with Gasteiger partial charge in [-0.3, -0.25) is 14.2 Å². The molecule has 0 atom stereocenters. The maximum atomic E-state index is 13.3. The van der Waals surface area contributed by atoms with E-state index in [1.165, 1.54) is 28.6 Å². The maximum Gasteiger partial charge on any atom is 0.263 e. The lowest BCUT2D eigenvalue weighted by molar-refractivity contribution is -0.113. The number of rotatable bonds is 6. The SMILES string of the molecule is C=CCn1c(SCC(=O)Nc2cccc(Cl)c2)nc2sc3c(c2c1=O)CCCCC3. The summed E-state index contributed by atoms with van der Waals surface area (Å²) in [6.07, 6.45) is 7.12. The van der Waals surface area contributed by atoms with E-state index in [0.29, 0.717) is 22.4 Å². The molecule has 0 bridgehead atoms. The molecule has 1 aromatic carbocycles. The van der Waals surface area contributed by atoms with Crippen molar-refractivity contribution in [3.05, 3.63) is 62.7 Å². The Balaban J connectivity index is 1.61. The van der Waals surface area contributed by atoms with E-state index in [0.717, 1.165) is 35.9 Å². The van der Waals surface area contributed by atoms with Crippen LogP contribution in [0.3, 0.4) is 0 Å². The number of hydrogen-bond donors (Lipinski definition) is 1. The number of thioether (sulfide) groups is 1. The van der Waals surface area contributed by atoms with Crippen LogP contribution in [0.15, 0.2) is 46.9 Å². The number of carbonyl (C=O) groups is 1. The van der Waals surface area contributed by atoms with E-state index in [1.54, 1.807) is 46.2 Å². The van der Waals surface area contributed by atoms with Gasteiger partial charge in [0.05, 0.1) is 11.1 Å². The van der Waals surface area contributed by atoms with Crippen LogP contribution in [0.25, 0.3) is 10.2 Å². The zero-order valence-electron chi connectivity index (χ0n) is 16.4. The van der Waals surface area contributed by atoms with Gasteiger partial charge in [0.25, 0.3) is 5.56 Å². The monoisotopic (exact) mass is 459 g/mol. The quantitative estimate of drug-likeness (QED) is 0.235. The number of benzene rings is 1. The summed E-state index contributed by atoms with van der Waals surface area (Å²) in [6, 6.07) is 7.01. The Morgan fingerprint density at radius 3 is 2.97 bits per heavy atom. The lowest BCUT2D eigenvalue weighted by Gasteiger charge is -2.11. The summed E-state index contributed by atoms with van der Waals surface area (Å²) < 4.78 is 1.63. The van der Waals surface area contributed by atoms with Gasteiger partial charge in [-0.2, -0.15) is 0 Å². The Kier molecular flexibility index (Phi) is 6.61. The molecule has 1 aliphatic carbocycles. The van der Waals surface area contributed by atoms with Crippen LogP contribution in [0.2, 0.25) is 5.02 Å². The fourth-order valence-corrected chi connectivity index (χ4v) is 5.99. The van der Waals surface area contributed by atoms with Crippen molar-refractivity contribution in [2.45, 2.75) is 43.8 Å². The number of carbonyl (C=O) groups excluding carboxylic acids is 1. The van der Waals surface area contributed by atoms with E-state index in [2.05, 4.69) is 11.9 Å². The fourth-order valence-electron chi connectivity index (χ4n) is 3.69. The Morgan fingerprint density at radius 2 is 2.17 bits per heavy atom. The zero-order chi connectivity index (χ0) is 21.1. The Hall–Kier alpha value is -2.09. The number of allylic oxidation sites excluding steroid dienone is 1. The molecule has 0 saturated carbocycles. The third-order valence-electron chi connectivity index (χ3n) is 5.04. The number of nitrogens with one attached hydrogen (secondary N) is 1. The van der Waals surface area contributed by atoms with Gasteiger partial charge in [0.2, 0.25) is 5.91 Å². The highest BCUT2D eigenvalue weighted by Crippen LogP contribution is 2.34. The van der Waals surface area contributed by atoms with Crippen molar-refractivity contribution in [3.8, 4) is 0 Å². The molecule has 0 spiro atoms. The van der Waals surface area contributed by atoms with Crippen molar-refractivity contribution in [2.75, 3.05) is 11.1 Å². The molecule has 1 N–H and O–H groups in total. The summed E-state index contributed by atoms with van der Waals surface area (Å²) >= 11 is 8.86. The smallest absolute Gasteiger partial charge is 0.263 e. The normalized spacial score (nSPS) is 13.6. The number of amides is 1. The van der Waals surface area contributed by atoms with E-state index in [4.69, 9.17) is 16.6 Å². The van der Waals surface area contributed by atoms with Gasteiger partial charge in [-0.05, 0) is 49.4 Å². The van der Waals surface area contributed by atoms with Crippen LogP contribution in [0.4, 0.5) is 5.69 Å². The second-order valence-corrected chi connectivity index (χ2v) is 9.65. The lowest BCUT2D eigenvalue weighted by atomic mass is 10.1. The first-order valence-corrected chi connectivity index (χ1v) is 12.1. The molecular weight excluding hydrogens is 438 g/mol. The minimum atomic E-state index is -0.177. The summed E-state index contributed by atoms with van der Waals surface area (Å²) in [5.74, 6) is -0.0316. The second kappa shape index (κ2) is 9.37. The molecule has 156 valence electrons. The Bertz CT molecular complexity index is 1170. The van der Waals surface area contributed by atoms with Crippen molar-refractivity contribution in [3.63, 3.8) is 0 Å². The molecule has 2 heterocycles. The summed E-state index contributed by atoms with van der Waals surface area (Å²) in [5.41, 5.74) is 1.79. The van der Waals surface area contributed by atoms with Crippen molar-refractivity contribution in [1.82, 2.24) is 9.55 Å². The minimum Gasteiger partial charge on any atom is -0.325 e. The van der Waals surface area contributed by atoms with E-state index in [-0.39, 0.29) is 17.2 Å². The summed E-state index contributed by atoms with van der Waals surface area (Å²) in [4.78, 5) is 32.6. The molecule has 30 heavy (non-hydrogen) atoms. The van der Waals surface area contributed by atoms with Gasteiger partial charge in [0.1, 0.15) is 4.83 Å². The third-order valence-corrected chi connectivity index (χ3v) is 7.44. The van der Waals surface area contributed by atoms with Gasteiger partial charge in [0.15, 0.2) is 5.16 Å². The van der Waals surface area contributed by atoms with Gasteiger partial charge in [-0.25, -0.2) is 4.98 Å². The Labute approximate surface area is 188 Å². The average Bonchev–Trinajstić information content (AvgIpc) is 2.90. The number of anilines is 1. The van der Waals surface area contributed by atoms with Crippen molar-refractivity contribution in [2.24, 2.45) is 0 Å². The highest BCUT2D eigenvalue weighted by atomic mass is 35.5. The van der Waals surface area contributed by atoms with E-state index in [9.17, 15) is 9.59 Å². The molecule has 0 saturated heterocycles. The standard InChI is InChI=1S/C22H22ClN3O2S2/c1-2-11-26-21(28)19-16-9-4-3-5-10-17(16)30-20(19)25-22(26)29-13-18(27)24-15-8-6-7-14(23)12-15/h2,6-8,12H,1,3-5,9-11,13H2,(H,24,27). The van der Waals surface area contributed by atoms with Gasteiger partial charge in [-0.1, -0.05) is 41.9 Å². The van der Waals surface area contributed by atoms with Crippen molar-refractivity contribution in [1.29, 1.82) is 0 Å². The van der Waals surface area contributed by atoms with Crippen LogP contribution < -0.4 is 10.9 Å². The van der Waals surface area contributed by atoms with Gasteiger partial charge >= 0.3 is 0 Å². The predicted octanol–water partition coefficient (Wildman–Crippen LogP) is 5.30. The zero-order valence-corrected chi connectivity index (χ0v) is 18.8. The van der Waals surface area contributed by atoms with Crippen LogP contribution in [-0.4, -0.2) is 21.2 Å². The fraction of sp³-hybridized carbons (Fsp3) is 0.318. The van der Waals surface area contributed by atoms with Crippen LogP contribution >= 0.6 is 34.7 Å². The largest absolute Gasteiger partial charge is 0.325 e. The first-order valence-electron chi connectivity index (χ1n) is 9.91. The number of thiophene rings is 1. The molecule has 0 unspecified atom stereocenters. The summed E-state index contributed by atoms with van der Waals surface area (Å²) in [6.45, 7) is 4.15. The van der Waals surface area contributed by atoms with Gasteiger partial charge in [-0.15, -0.1) is 17.9 Å². The number of nitrogens with zero attached hydrogens (tertiary/aromatic N) is 2. The summed E-state index contributed by atoms with van der Waals surface area (Å²) in [7, 11) is 0. The van der Waals surface area contributed by atoms with Crippen LogP contribution in [0.1, 0.15) is 29.7 Å². The third kappa shape index (κ3) is 4.48. The highest BCUT2D eigenvalue weighted by Gasteiger charge is 2.21. The van der Waals surface area contributed by atoms with Crippen LogP contribution in [0, 0.1) is 0 Å². The first-order chi connectivity index (χ1) is 14.6. The number of aryl methyl sites for hydroxylation is 2. The molecular formula is C22H22ClN3O2S2. The molecule has 3 aromatic rings. The lowest BCUT2D eigenvalue weighted by Crippen LogP contribution is -2.24. The number of aromatic nitrogens is 2. The maximum absolute atomic E-state index is 13.3. The number of fused-ring (bicyclic) bond motifs is 3. The molecule has 5 nitrogen and oxygen atoms in total. The predicted molar refractivity (Wildman–Crippen MR) is 126 cm³/mol. The first kappa shape index (κ1) is 21.2. The molecule has 0 radical (unpaired) electrons. The number of halogens is 1.